The Balaban J connectivity index is 1.99. The van der Waals surface area contributed by atoms with Crippen LogP contribution in [0, 0.1) is 0 Å². The molecule has 0 saturated carbocycles. The predicted molar refractivity (Wildman–Crippen MR) is 82.6 cm³/mol. The quantitative estimate of drug-likeness (QED) is 0.706. The van der Waals surface area contributed by atoms with Crippen molar-refractivity contribution in [3.05, 3.63) is 8.39 Å². The SMILES string of the molecule is CN(C)CCCn1nnnc1Sc1nc(Br)c(Br)s1. The largest absolute Gasteiger partial charge is 0.309 e. The molecule has 0 bridgehead atoms. The number of tetrazole rings is 1. The van der Waals surface area contributed by atoms with Crippen LogP contribution in [0.3, 0.4) is 0 Å². The van der Waals surface area contributed by atoms with E-state index in [4.69, 9.17) is 0 Å². The second-order valence-corrected chi connectivity index (χ2v) is 8.27. The smallest absolute Gasteiger partial charge is 0.216 e. The van der Waals surface area contributed by atoms with E-state index in [-0.39, 0.29) is 0 Å². The van der Waals surface area contributed by atoms with Crippen molar-refractivity contribution >= 4 is 55.0 Å². The highest BCUT2D eigenvalue weighted by atomic mass is 79.9. The number of aromatic nitrogens is 5. The van der Waals surface area contributed by atoms with Crippen LogP contribution in [0.2, 0.25) is 0 Å². The molecule has 0 atom stereocenters. The van der Waals surface area contributed by atoms with Gasteiger partial charge in [0.25, 0.3) is 0 Å². The van der Waals surface area contributed by atoms with Gasteiger partial charge in [0.15, 0.2) is 4.34 Å². The summed E-state index contributed by atoms with van der Waals surface area (Å²) in [6, 6.07) is 0. The van der Waals surface area contributed by atoms with Gasteiger partial charge in [0.05, 0.1) is 0 Å². The van der Waals surface area contributed by atoms with Crippen molar-refractivity contribution in [2.75, 3.05) is 20.6 Å². The molecule has 0 amide bonds. The third-order valence-corrected chi connectivity index (χ3v) is 6.29. The van der Waals surface area contributed by atoms with Gasteiger partial charge in [-0.3, -0.25) is 0 Å². The number of hydrogen-bond donors (Lipinski definition) is 0. The Labute approximate surface area is 136 Å². The van der Waals surface area contributed by atoms with Crippen molar-refractivity contribution in [1.29, 1.82) is 0 Å². The Bertz CT molecular complexity index is 521. The van der Waals surface area contributed by atoms with Crippen LogP contribution in [0.1, 0.15) is 6.42 Å². The third kappa shape index (κ3) is 4.48. The summed E-state index contributed by atoms with van der Waals surface area (Å²) in [7, 11) is 4.11. The van der Waals surface area contributed by atoms with E-state index in [2.05, 4.69) is 71.4 Å². The number of hydrogen-bond acceptors (Lipinski definition) is 7. The molecule has 2 heterocycles. The van der Waals surface area contributed by atoms with Gasteiger partial charge in [-0.25, -0.2) is 9.67 Å². The molecule has 104 valence electrons. The number of halogens is 2. The van der Waals surface area contributed by atoms with E-state index in [0.717, 1.165) is 37.4 Å². The molecule has 0 aliphatic carbocycles. The summed E-state index contributed by atoms with van der Waals surface area (Å²) in [5, 5.41) is 12.5. The van der Waals surface area contributed by atoms with Crippen molar-refractivity contribution in [3.63, 3.8) is 0 Å². The van der Waals surface area contributed by atoms with Crippen LogP contribution in [0.4, 0.5) is 0 Å². The first-order valence-corrected chi connectivity index (χ1v) is 8.68. The van der Waals surface area contributed by atoms with Crippen molar-refractivity contribution < 1.29 is 0 Å². The zero-order valence-corrected chi connectivity index (χ0v) is 15.2. The summed E-state index contributed by atoms with van der Waals surface area (Å²) < 4.78 is 4.51. The monoisotopic (exact) mass is 426 g/mol. The molecule has 0 unspecified atom stereocenters. The molecule has 2 aromatic rings. The van der Waals surface area contributed by atoms with Crippen LogP contribution in [-0.4, -0.2) is 50.7 Å². The highest BCUT2D eigenvalue weighted by Gasteiger charge is 2.13. The number of nitrogens with zero attached hydrogens (tertiary/aromatic N) is 6. The minimum Gasteiger partial charge on any atom is -0.309 e. The summed E-state index contributed by atoms with van der Waals surface area (Å²) >= 11 is 9.83. The Morgan fingerprint density at radius 2 is 2.16 bits per heavy atom. The second kappa shape index (κ2) is 7.11. The van der Waals surface area contributed by atoms with Crippen LogP contribution >= 0.6 is 55.0 Å². The van der Waals surface area contributed by atoms with Crippen LogP contribution in [0.5, 0.6) is 0 Å². The van der Waals surface area contributed by atoms with Crippen LogP contribution in [0.25, 0.3) is 0 Å². The average molecular weight is 428 g/mol. The second-order valence-electron chi connectivity index (χ2n) is 3.99. The van der Waals surface area contributed by atoms with Gasteiger partial charge in [0.2, 0.25) is 5.16 Å². The fourth-order valence-corrected chi connectivity index (χ4v) is 4.52. The topological polar surface area (TPSA) is 59.7 Å². The van der Waals surface area contributed by atoms with Gasteiger partial charge in [-0.05, 0) is 81.1 Å². The minimum atomic E-state index is 0.771. The van der Waals surface area contributed by atoms with E-state index >= 15 is 0 Å². The van der Waals surface area contributed by atoms with Crippen LogP contribution in [0.15, 0.2) is 17.9 Å². The molecule has 0 aliphatic heterocycles. The normalized spacial score (nSPS) is 11.4. The molecule has 6 nitrogen and oxygen atoms in total. The van der Waals surface area contributed by atoms with E-state index in [9.17, 15) is 0 Å². The van der Waals surface area contributed by atoms with Gasteiger partial charge in [0, 0.05) is 6.54 Å². The van der Waals surface area contributed by atoms with E-state index < -0.39 is 0 Å². The highest BCUT2D eigenvalue weighted by molar-refractivity contribution is 9.13. The lowest BCUT2D eigenvalue weighted by Crippen LogP contribution is -2.15. The predicted octanol–water partition coefficient (Wildman–Crippen LogP) is 2.76. The summed E-state index contributed by atoms with van der Waals surface area (Å²) in [5.74, 6) is 0. The molecule has 0 radical (unpaired) electrons. The molecule has 0 aromatic carbocycles. The summed E-state index contributed by atoms with van der Waals surface area (Å²) in [6.07, 6.45) is 1.01. The molecule has 0 N–H and O–H groups in total. The number of aryl methyl sites for hydroxylation is 1. The standard InChI is InChI=1S/C9H12Br2N6S2/c1-16(2)4-3-5-17-8(13-14-15-17)19-9-12-6(10)7(11)18-9/h3-5H2,1-2H3. The molecular formula is C9H12Br2N6S2. The van der Waals surface area contributed by atoms with Gasteiger partial charge in [0.1, 0.15) is 8.39 Å². The van der Waals surface area contributed by atoms with Gasteiger partial charge < -0.3 is 4.90 Å². The van der Waals surface area contributed by atoms with Gasteiger partial charge in [-0.2, -0.15) is 0 Å². The molecule has 0 aliphatic rings. The summed E-state index contributed by atoms with van der Waals surface area (Å²) in [5.41, 5.74) is 0. The van der Waals surface area contributed by atoms with Crippen molar-refractivity contribution in [2.45, 2.75) is 22.5 Å². The summed E-state index contributed by atoms with van der Waals surface area (Å²) in [6.45, 7) is 1.82. The molecule has 2 rings (SSSR count). The maximum absolute atomic E-state index is 4.37. The first-order chi connectivity index (χ1) is 9.06. The zero-order valence-electron chi connectivity index (χ0n) is 10.4. The molecule has 2 aromatic heterocycles. The van der Waals surface area contributed by atoms with Crippen molar-refractivity contribution in [3.8, 4) is 0 Å². The van der Waals surface area contributed by atoms with E-state index in [1.165, 1.54) is 11.8 Å². The van der Waals surface area contributed by atoms with Crippen molar-refractivity contribution in [2.24, 2.45) is 0 Å². The first-order valence-electron chi connectivity index (χ1n) is 5.47. The number of thiazole rings is 1. The lowest BCUT2D eigenvalue weighted by atomic mass is 10.4. The van der Waals surface area contributed by atoms with Gasteiger partial charge in [-0.15, -0.1) is 5.10 Å². The van der Waals surface area contributed by atoms with Crippen molar-refractivity contribution in [1.82, 2.24) is 30.1 Å². The molecule has 0 spiro atoms. The van der Waals surface area contributed by atoms with Gasteiger partial charge >= 0.3 is 0 Å². The maximum atomic E-state index is 4.37. The fourth-order valence-electron chi connectivity index (χ4n) is 1.33. The molecule has 0 fully saturated rings. The van der Waals surface area contributed by atoms with E-state index in [1.54, 1.807) is 11.3 Å². The Morgan fingerprint density at radius 1 is 1.37 bits per heavy atom. The van der Waals surface area contributed by atoms with E-state index in [1.807, 2.05) is 4.68 Å². The van der Waals surface area contributed by atoms with Crippen LogP contribution in [-0.2, 0) is 6.54 Å². The first kappa shape index (κ1) is 15.4. The average Bonchev–Trinajstić information content (AvgIpc) is 2.88. The third-order valence-electron chi connectivity index (χ3n) is 2.18. The van der Waals surface area contributed by atoms with Crippen LogP contribution < -0.4 is 0 Å². The van der Waals surface area contributed by atoms with E-state index in [0.29, 0.717) is 0 Å². The minimum absolute atomic E-state index is 0.771. The van der Waals surface area contributed by atoms with Gasteiger partial charge in [-0.1, -0.05) is 11.3 Å². The number of rotatable bonds is 6. The Morgan fingerprint density at radius 3 is 2.79 bits per heavy atom. The summed E-state index contributed by atoms with van der Waals surface area (Å²) in [4.78, 5) is 6.51. The lowest BCUT2D eigenvalue weighted by Gasteiger charge is -2.08. The highest BCUT2D eigenvalue weighted by Crippen LogP contribution is 2.36. The lowest BCUT2D eigenvalue weighted by molar-refractivity contribution is 0.373. The maximum Gasteiger partial charge on any atom is 0.216 e. The fraction of sp³-hybridized carbons (Fsp3) is 0.556. The molecular weight excluding hydrogens is 416 g/mol. The molecule has 19 heavy (non-hydrogen) atoms. The Hall–Kier alpha value is -0.0300. The zero-order chi connectivity index (χ0) is 13.8. The molecule has 10 heteroatoms. The molecule has 0 saturated heterocycles. The Kier molecular flexibility index (Phi) is 5.75.